The van der Waals surface area contributed by atoms with Gasteiger partial charge in [0, 0.05) is 32.2 Å². The first-order chi connectivity index (χ1) is 11.5. The van der Waals surface area contributed by atoms with Gasteiger partial charge in [0.15, 0.2) is 5.75 Å². The number of urea groups is 1. The van der Waals surface area contributed by atoms with Crippen molar-refractivity contribution in [3.63, 3.8) is 0 Å². The van der Waals surface area contributed by atoms with Crippen LogP contribution in [0, 0.1) is 0 Å². The van der Waals surface area contributed by atoms with E-state index in [9.17, 15) is 4.79 Å². The molecule has 2 aliphatic heterocycles. The van der Waals surface area contributed by atoms with Crippen LogP contribution in [0.5, 0.6) is 5.75 Å². The fourth-order valence-corrected chi connectivity index (χ4v) is 3.39. The highest BCUT2D eigenvalue weighted by Gasteiger charge is 2.30. The molecule has 1 aromatic carbocycles. The lowest BCUT2D eigenvalue weighted by Crippen LogP contribution is -2.39. The minimum Gasteiger partial charge on any atom is -0.487 e. The number of hydrogen-bond donors (Lipinski definition) is 1. The van der Waals surface area contributed by atoms with Crippen molar-refractivity contribution in [3.8, 4) is 5.75 Å². The third-order valence-electron chi connectivity index (χ3n) is 4.38. The summed E-state index contributed by atoms with van der Waals surface area (Å²) >= 11 is 6.22. The zero-order chi connectivity index (χ0) is 17.1. The summed E-state index contributed by atoms with van der Waals surface area (Å²) in [4.78, 5) is 16.9. The van der Waals surface area contributed by atoms with E-state index in [1.807, 2.05) is 30.9 Å². The quantitative estimate of drug-likeness (QED) is 0.845. The molecule has 1 aromatic rings. The van der Waals surface area contributed by atoms with Gasteiger partial charge in [-0.05, 0) is 32.4 Å². The van der Waals surface area contributed by atoms with E-state index in [4.69, 9.17) is 16.3 Å². The second-order valence-corrected chi connectivity index (χ2v) is 6.93. The van der Waals surface area contributed by atoms with Gasteiger partial charge in [-0.25, -0.2) is 4.79 Å². The Kier molecular flexibility index (Phi) is 5.31. The molecular weight excluding hydrogens is 326 g/mol. The van der Waals surface area contributed by atoms with Crippen LogP contribution in [0.1, 0.15) is 20.3 Å². The summed E-state index contributed by atoms with van der Waals surface area (Å²) < 4.78 is 5.76. The largest absolute Gasteiger partial charge is 0.487 e. The highest BCUT2D eigenvalue weighted by molar-refractivity contribution is 6.32. The van der Waals surface area contributed by atoms with Crippen molar-refractivity contribution in [1.29, 1.82) is 0 Å². The molecule has 130 valence electrons. The van der Waals surface area contributed by atoms with Gasteiger partial charge in [-0.3, -0.25) is 4.90 Å². The fourth-order valence-electron chi connectivity index (χ4n) is 3.17. The predicted octanol–water partition coefficient (Wildman–Crippen LogP) is 3.61. The highest BCUT2D eigenvalue weighted by atomic mass is 35.5. The Balaban J connectivity index is 1.64. The molecule has 0 spiro atoms. The smallest absolute Gasteiger partial charge is 0.322 e. The molecule has 1 unspecified atom stereocenters. The van der Waals surface area contributed by atoms with Crippen molar-refractivity contribution in [1.82, 2.24) is 9.80 Å². The van der Waals surface area contributed by atoms with Crippen LogP contribution < -0.4 is 10.1 Å². The van der Waals surface area contributed by atoms with Crippen molar-refractivity contribution in [2.24, 2.45) is 0 Å². The molecule has 0 radical (unpaired) electrons. The van der Waals surface area contributed by atoms with E-state index in [1.165, 1.54) is 0 Å². The molecule has 2 amide bonds. The Labute approximate surface area is 148 Å². The number of hydrogen-bond acceptors (Lipinski definition) is 3. The van der Waals surface area contributed by atoms with Gasteiger partial charge in [0.25, 0.3) is 0 Å². The first-order valence-corrected chi connectivity index (χ1v) is 8.82. The van der Waals surface area contributed by atoms with Crippen LogP contribution in [0.3, 0.4) is 0 Å². The summed E-state index contributed by atoms with van der Waals surface area (Å²) in [5.41, 5.74) is 0.618. The van der Waals surface area contributed by atoms with Gasteiger partial charge in [-0.15, -0.1) is 0 Å². The van der Waals surface area contributed by atoms with Gasteiger partial charge in [0.1, 0.15) is 0 Å². The number of carbonyl (C=O) groups is 1. The zero-order valence-electron chi connectivity index (χ0n) is 14.2. The molecule has 0 saturated carbocycles. The topological polar surface area (TPSA) is 44.8 Å². The highest BCUT2D eigenvalue weighted by Crippen LogP contribution is 2.34. The van der Waals surface area contributed by atoms with Gasteiger partial charge in [-0.2, -0.15) is 0 Å². The molecule has 6 heteroatoms. The van der Waals surface area contributed by atoms with Gasteiger partial charge in [0.05, 0.1) is 16.8 Å². The number of nitrogens with zero attached hydrogens (tertiary/aromatic N) is 2. The first kappa shape index (κ1) is 17.1. The summed E-state index contributed by atoms with van der Waals surface area (Å²) in [6.45, 7) is 7.37. The normalized spacial score (nSPS) is 20.8. The van der Waals surface area contributed by atoms with Crippen LogP contribution in [-0.4, -0.2) is 54.2 Å². The minimum atomic E-state index is -0.0967. The number of carbonyl (C=O) groups excluding carboxylic acids is 1. The molecule has 1 N–H and O–H groups in total. The average molecular weight is 350 g/mol. The number of para-hydroxylation sites is 1. The maximum Gasteiger partial charge on any atom is 0.322 e. The molecular formula is C18H24ClN3O2. The van der Waals surface area contributed by atoms with Crippen LogP contribution in [0.25, 0.3) is 0 Å². The predicted molar refractivity (Wildman–Crippen MR) is 96.9 cm³/mol. The van der Waals surface area contributed by atoms with Crippen LogP contribution in [-0.2, 0) is 0 Å². The van der Waals surface area contributed by atoms with Crippen LogP contribution in [0.15, 0.2) is 30.4 Å². The molecule has 5 nitrogen and oxygen atoms in total. The van der Waals surface area contributed by atoms with Gasteiger partial charge < -0.3 is 15.0 Å². The van der Waals surface area contributed by atoms with Gasteiger partial charge >= 0.3 is 6.03 Å². The Bertz CT molecular complexity index is 625. The third kappa shape index (κ3) is 3.84. The first-order valence-electron chi connectivity index (χ1n) is 8.44. The summed E-state index contributed by atoms with van der Waals surface area (Å²) in [6, 6.07) is 5.74. The molecule has 24 heavy (non-hydrogen) atoms. The Morgan fingerprint density at radius 2 is 2.08 bits per heavy atom. The van der Waals surface area contributed by atoms with Crippen LogP contribution in [0.4, 0.5) is 10.5 Å². The molecule has 0 aromatic heterocycles. The van der Waals surface area contributed by atoms with Crippen molar-refractivity contribution in [2.75, 3.05) is 31.5 Å². The Hall–Kier alpha value is -1.72. The molecule has 0 bridgehead atoms. The van der Waals surface area contributed by atoms with E-state index in [-0.39, 0.29) is 12.1 Å². The lowest BCUT2D eigenvalue weighted by atomic mass is 10.2. The number of benzene rings is 1. The maximum absolute atomic E-state index is 12.6. The van der Waals surface area contributed by atoms with Crippen LogP contribution >= 0.6 is 11.6 Å². The monoisotopic (exact) mass is 349 g/mol. The summed E-state index contributed by atoms with van der Waals surface area (Å²) in [6.07, 6.45) is 5.37. The maximum atomic E-state index is 12.6. The Morgan fingerprint density at radius 3 is 2.79 bits per heavy atom. The number of likely N-dealkylation sites (tertiary alicyclic amines) is 1. The minimum absolute atomic E-state index is 0.0145. The third-order valence-corrected chi connectivity index (χ3v) is 4.67. The van der Waals surface area contributed by atoms with Crippen LogP contribution in [0.2, 0.25) is 5.02 Å². The number of ether oxygens (including phenoxy) is 1. The second kappa shape index (κ2) is 7.45. The number of amides is 2. The van der Waals surface area contributed by atoms with Gasteiger partial charge in [-0.1, -0.05) is 29.8 Å². The van der Waals surface area contributed by atoms with E-state index in [2.05, 4.69) is 22.4 Å². The number of anilines is 1. The van der Waals surface area contributed by atoms with E-state index < -0.39 is 0 Å². The lowest BCUT2D eigenvalue weighted by Gasteiger charge is -2.24. The van der Waals surface area contributed by atoms with Crippen molar-refractivity contribution >= 4 is 23.3 Å². The standard InChI is InChI=1S/C18H24ClN3O2/c1-13(2)24-17-15(19)6-5-7-16(17)20-18(23)22-11-8-14(12-22)21-9-3-4-10-21/h3-7,13-14H,8-12H2,1-2H3,(H,20,23). The van der Waals surface area contributed by atoms with E-state index in [0.717, 1.165) is 32.6 Å². The van der Waals surface area contributed by atoms with Crippen molar-refractivity contribution in [2.45, 2.75) is 32.4 Å². The SMILES string of the molecule is CC(C)Oc1c(Cl)cccc1NC(=O)N1CCC(N2CC=CC2)C1. The molecule has 1 saturated heterocycles. The van der Waals surface area contributed by atoms with E-state index in [0.29, 0.717) is 22.5 Å². The van der Waals surface area contributed by atoms with Crippen molar-refractivity contribution in [3.05, 3.63) is 35.4 Å². The summed E-state index contributed by atoms with van der Waals surface area (Å²) in [5, 5.41) is 3.46. The molecule has 1 fully saturated rings. The molecule has 0 aliphatic carbocycles. The van der Waals surface area contributed by atoms with Gasteiger partial charge in [0.2, 0.25) is 0 Å². The average Bonchev–Trinajstić information content (AvgIpc) is 3.20. The summed E-state index contributed by atoms with van der Waals surface area (Å²) in [7, 11) is 0. The number of halogens is 1. The zero-order valence-corrected chi connectivity index (χ0v) is 14.9. The fraction of sp³-hybridized carbons (Fsp3) is 0.500. The number of nitrogens with one attached hydrogen (secondary N) is 1. The molecule has 2 aliphatic rings. The summed E-state index contributed by atoms with van der Waals surface area (Å²) in [5.74, 6) is 0.530. The lowest BCUT2D eigenvalue weighted by molar-refractivity contribution is 0.211. The van der Waals surface area contributed by atoms with E-state index in [1.54, 1.807) is 6.07 Å². The molecule has 3 rings (SSSR count). The van der Waals surface area contributed by atoms with Crippen molar-refractivity contribution < 1.29 is 9.53 Å². The number of rotatable bonds is 4. The molecule has 2 heterocycles. The second-order valence-electron chi connectivity index (χ2n) is 6.53. The molecule has 1 atom stereocenters. The van der Waals surface area contributed by atoms with E-state index >= 15 is 0 Å². The Morgan fingerprint density at radius 1 is 1.33 bits per heavy atom.